The summed E-state index contributed by atoms with van der Waals surface area (Å²) in [6, 6.07) is 9.43. The Morgan fingerprint density at radius 1 is 1.18 bits per heavy atom. The number of amidine groups is 1. The van der Waals surface area contributed by atoms with Gasteiger partial charge in [-0.25, -0.2) is 14.6 Å². The molecule has 2 aromatic carbocycles. The molecule has 0 spiro atoms. The predicted octanol–water partition coefficient (Wildman–Crippen LogP) is 4.33. The number of nitrogens with zero attached hydrogens (tertiary/aromatic N) is 2. The molecule has 1 amide bonds. The van der Waals surface area contributed by atoms with Crippen LogP contribution in [0.1, 0.15) is 22.8 Å². The predicted molar refractivity (Wildman–Crippen MR) is 132 cm³/mol. The topological polar surface area (TPSA) is 115 Å². The van der Waals surface area contributed by atoms with Gasteiger partial charge < -0.3 is 19.3 Å². The van der Waals surface area contributed by atoms with Crippen LogP contribution in [0, 0.1) is 0 Å². The zero-order chi connectivity index (χ0) is 24.8. The summed E-state index contributed by atoms with van der Waals surface area (Å²) in [5, 5.41) is 9.49. The number of ether oxygens (including phenoxy) is 3. The summed E-state index contributed by atoms with van der Waals surface area (Å²) in [7, 11) is 2.89. The first kappa shape index (κ1) is 25.3. The lowest BCUT2D eigenvalue weighted by molar-refractivity contribution is -0.142. The first-order valence-corrected chi connectivity index (χ1v) is 11.6. The number of halogens is 1. The molecule has 1 fully saturated rings. The first-order chi connectivity index (χ1) is 16.2. The molecule has 2 aromatic rings. The van der Waals surface area contributed by atoms with Crippen molar-refractivity contribution in [2.24, 2.45) is 4.99 Å². The van der Waals surface area contributed by atoms with Gasteiger partial charge in [-0.2, -0.15) is 0 Å². The number of amides is 1. The standard InChI is InChI=1S/C23H21BrN2O7S/c1-4-32-17-9-14(16(24)11-18(17)33-12-20(27)31-3)10-19-21(28)26(2)23(34-19)25-15-7-5-13(6-8-15)22(29)30/h5-11H,4,12H2,1-3H3,(H,29,30)/b19-10-,25-23?. The SMILES string of the molecule is CCOc1cc(/C=C2\SC(=Nc3ccc(C(=O)O)cc3)N(C)C2=O)c(Br)cc1OCC(=O)OC. The number of aromatic carboxylic acids is 1. The molecule has 0 aromatic heterocycles. The smallest absolute Gasteiger partial charge is 0.343 e. The monoisotopic (exact) mass is 548 g/mol. The van der Waals surface area contributed by atoms with Crippen LogP contribution >= 0.6 is 27.7 Å². The van der Waals surface area contributed by atoms with Crippen LogP contribution in [-0.4, -0.2) is 60.4 Å². The minimum atomic E-state index is -1.02. The minimum absolute atomic E-state index is 0.155. The number of likely N-dealkylation sites (N-methyl/N-ethyl adjacent to an activating group) is 1. The number of carboxylic acids is 1. The van der Waals surface area contributed by atoms with E-state index in [1.807, 2.05) is 6.92 Å². The second-order valence-corrected chi connectivity index (χ2v) is 8.70. The Balaban J connectivity index is 1.88. The van der Waals surface area contributed by atoms with Crippen molar-refractivity contribution in [3.63, 3.8) is 0 Å². The Bertz CT molecular complexity index is 1180. The lowest BCUT2D eigenvalue weighted by Gasteiger charge is -2.13. The summed E-state index contributed by atoms with van der Waals surface area (Å²) in [4.78, 5) is 41.6. The maximum Gasteiger partial charge on any atom is 0.343 e. The molecule has 1 aliphatic heterocycles. The number of rotatable bonds is 8. The first-order valence-electron chi connectivity index (χ1n) is 9.99. The zero-order valence-electron chi connectivity index (χ0n) is 18.5. The van der Waals surface area contributed by atoms with E-state index in [4.69, 9.17) is 14.6 Å². The Morgan fingerprint density at radius 2 is 1.85 bits per heavy atom. The fraction of sp³-hybridized carbons (Fsp3) is 0.217. The van der Waals surface area contributed by atoms with Gasteiger partial charge in [0.2, 0.25) is 0 Å². The van der Waals surface area contributed by atoms with Crippen molar-refractivity contribution in [2.45, 2.75) is 6.92 Å². The average Bonchev–Trinajstić information content (AvgIpc) is 3.07. The van der Waals surface area contributed by atoms with E-state index in [0.717, 1.165) is 0 Å². The van der Waals surface area contributed by atoms with Crippen LogP contribution in [0.15, 0.2) is 50.8 Å². The van der Waals surface area contributed by atoms with Gasteiger partial charge in [0.25, 0.3) is 5.91 Å². The van der Waals surface area contributed by atoms with Gasteiger partial charge in [-0.15, -0.1) is 0 Å². The summed E-state index contributed by atoms with van der Waals surface area (Å²) in [6.07, 6.45) is 1.70. The molecule has 0 atom stereocenters. The summed E-state index contributed by atoms with van der Waals surface area (Å²) < 4.78 is 16.4. The van der Waals surface area contributed by atoms with Gasteiger partial charge in [0.15, 0.2) is 23.3 Å². The van der Waals surface area contributed by atoms with Gasteiger partial charge in [-0.3, -0.25) is 9.69 Å². The third-order valence-electron chi connectivity index (χ3n) is 4.57. The second kappa shape index (κ2) is 11.2. The van der Waals surface area contributed by atoms with Crippen LogP contribution < -0.4 is 9.47 Å². The number of benzene rings is 2. The number of methoxy groups -OCH3 is 1. The summed E-state index contributed by atoms with van der Waals surface area (Å²) in [6.45, 7) is 1.93. The van der Waals surface area contributed by atoms with Crippen molar-refractivity contribution in [2.75, 3.05) is 27.4 Å². The summed E-state index contributed by atoms with van der Waals surface area (Å²) >= 11 is 4.67. The molecule has 1 N–H and O–H groups in total. The maximum absolute atomic E-state index is 12.8. The Labute approximate surface area is 208 Å². The van der Waals surface area contributed by atoms with Gasteiger partial charge in [0.05, 0.1) is 29.9 Å². The van der Waals surface area contributed by atoms with Gasteiger partial charge in [0.1, 0.15) is 0 Å². The van der Waals surface area contributed by atoms with Crippen molar-refractivity contribution in [1.29, 1.82) is 0 Å². The molecule has 1 aliphatic rings. The van der Waals surface area contributed by atoms with E-state index in [0.29, 0.717) is 43.9 Å². The second-order valence-electron chi connectivity index (χ2n) is 6.84. The molecule has 0 radical (unpaired) electrons. The number of carboxylic acid groups (broad SMARTS) is 1. The number of thioether (sulfide) groups is 1. The Kier molecular flexibility index (Phi) is 8.35. The van der Waals surface area contributed by atoms with Crippen LogP contribution in [-0.2, 0) is 14.3 Å². The number of aliphatic imine (C=N–C) groups is 1. The number of hydrogen-bond acceptors (Lipinski definition) is 8. The van der Waals surface area contributed by atoms with Crippen LogP contribution in [0.25, 0.3) is 6.08 Å². The van der Waals surface area contributed by atoms with E-state index in [-0.39, 0.29) is 18.1 Å². The van der Waals surface area contributed by atoms with E-state index in [2.05, 4.69) is 25.7 Å². The van der Waals surface area contributed by atoms with Crippen LogP contribution in [0.4, 0.5) is 5.69 Å². The third-order valence-corrected chi connectivity index (χ3v) is 6.31. The van der Waals surface area contributed by atoms with E-state index >= 15 is 0 Å². The molecular formula is C23H21BrN2O7S. The Hall–Kier alpha value is -3.31. The zero-order valence-corrected chi connectivity index (χ0v) is 20.9. The van der Waals surface area contributed by atoms with E-state index < -0.39 is 11.9 Å². The van der Waals surface area contributed by atoms with Gasteiger partial charge in [-0.1, -0.05) is 15.9 Å². The number of carbonyl (C=O) groups is 3. The van der Waals surface area contributed by atoms with Crippen molar-refractivity contribution >= 4 is 62.5 Å². The van der Waals surface area contributed by atoms with Gasteiger partial charge in [0, 0.05) is 11.5 Å². The quantitative estimate of drug-likeness (QED) is 0.382. The molecule has 1 saturated heterocycles. The number of carbonyl (C=O) groups excluding carboxylic acids is 2. The molecule has 0 aliphatic carbocycles. The third kappa shape index (κ3) is 5.97. The molecule has 11 heteroatoms. The molecular weight excluding hydrogens is 528 g/mol. The minimum Gasteiger partial charge on any atom is -0.490 e. The molecule has 0 unspecified atom stereocenters. The normalized spacial score (nSPS) is 15.6. The molecule has 0 saturated carbocycles. The lowest BCUT2D eigenvalue weighted by Crippen LogP contribution is -2.23. The Morgan fingerprint density at radius 3 is 2.47 bits per heavy atom. The van der Waals surface area contributed by atoms with Crippen LogP contribution in [0.3, 0.4) is 0 Å². The highest BCUT2D eigenvalue weighted by Gasteiger charge is 2.30. The molecule has 1 heterocycles. The fourth-order valence-corrected chi connectivity index (χ4v) is 4.23. The molecule has 178 valence electrons. The maximum atomic E-state index is 12.8. The lowest BCUT2D eigenvalue weighted by atomic mass is 10.2. The van der Waals surface area contributed by atoms with Crippen molar-refractivity contribution < 1.29 is 33.7 Å². The average molecular weight is 549 g/mol. The highest BCUT2D eigenvalue weighted by atomic mass is 79.9. The van der Waals surface area contributed by atoms with Crippen molar-refractivity contribution in [3.05, 3.63) is 56.9 Å². The largest absolute Gasteiger partial charge is 0.490 e. The number of hydrogen-bond donors (Lipinski definition) is 1. The fourth-order valence-electron chi connectivity index (χ4n) is 2.82. The molecule has 3 rings (SSSR count). The van der Waals surface area contributed by atoms with Crippen molar-refractivity contribution in [3.8, 4) is 11.5 Å². The van der Waals surface area contributed by atoms with Gasteiger partial charge in [-0.05, 0) is 66.7 Å². The van der Waals surface area contributed by atoms with E-state index in [1.54, 1.807) is 37.4 Å². The van der Waals surface area contributed by atoms with Crippen LogP contribution in [0.2, 0.25) is 0 Å². The van der Waals surface area contributed by atoms with E-state index in [9.17, 15) is 14.4 Å². The number of esters is 1. The summed E-state index contributed by atoms with van der Waals surface area (Å²) in [5.41, 5.74) is 1.35. The highest BCUT2D eigenvalue weighted by Crippen LogP contribution is 2.38. The molecule has 9 nitrogen and oxygen atoms in total. The highest BCUT2D eigenvalue weighted by molar-refractivity contribution is 9.10. The van der Waals surface area contributed by atoms with Crippen molar-refractivity contribution in [1.82, 2.24) is 4.90 Å². The van der Waals surface area contributed by atoms with E-state index in [1.165, 1.54) is 35.9 Å². The van der Waals surface area contributed by atoms with Crippen LogP contribution in [0.5, 0.6) is 11.5 Å². The summed E-state index contributed by atoms with van der Waals surface area (Å²) in [5.74, 6) is -1.01. The van der Waals surface area contributed by atoms with Gasteiger partial charge >= 0.3 is 11.9 Å². The molecule has 34 heavy (non-hydrogen) atoms. The molecule has 0 bridgehead atoms.